The van der Waals surface area contributed by atoms with E-state index in [-0.39, 0.29) is 21.9 Å². The lowest BCUT2D eigenvalue weighted by Gasteiger charge is -2.38. The van der Waals surface area contributed by atoms with Crippen molar-refractivity contribution in [3.05, 3.63) is 97.3 Å². The maximum absolute atomic E-state index is 13.8. The molecule has 3 aliphatic rings. The van der Waals surface area contributed by atoms with E-state index in [1.807, 2.05) is 18.2 Å². The van der Waals surface area contributed by atoms with E-state index in [0.717, 1.165) is 72.2 Å². The van der Waals surface area contributed by atoms with Gasteiger partial charge in [0.05, 0.1) is 22.7 Å². The maximum Gasteiger partial charge on any atom is 0.255 e. The van der Waals surface area contributed by atoms with Crippen molar-refractivity contribution in [1.29, 1.82) is 0 Å². The lowest BCUT2D eigenvalue weighted by Crippen LogP contribution is -2.39. The van der Waals surface area contributed by atoms with E-state index in [9.17, 15) is 9.59 Å². The van der Waals surface area contributed by atoms with Crippen molar-refractivity contribution in [3.8, 4) is 22.5 Å². The van der Waals surface area contributed by atoms with Crippen molar-refractivity contribution >= 4 is 11.8 Å². The van der Waals surface area contributed by atoms with Crippen LogP contribution in [-0.4, -0.2) is 19.9 Å². The molecule has 3 aliphatic carbocycles. The Bertz CT molecular complexity index is 1740. The first-order valence-electron chi connectivity index (χ1n) is 14.4. The van der Waals surface area contributed by atoms with Crippen molar-refractivity contribution in [2.45, 2.75) is 87.0 Å². The summed E-state index contributed by atoms with van der Waals surface area (Å²) in [7, 11) is 0. The van der Waals surface area contributed by atoms with Gasteiger partial charge < -0.3 is 9.97 Å². The summed E-state index contributed by atoms with van der Waals surface area (Å²) < 4.78 is 0. The van der Waals surface area contributed by atoms with E-state index in [1.165, 1.54) is 35.7 Å². The summed E-state index contributed by atoms with van der Waals surface area (Å²) in [6, 6.07) is 16.6. The minimum absolute atomic E-state index is 0.0218. The van der Waals surface area contributed by atoms with Gasteiger partial charge in [-0.3, -0.25) is 9.59 Å². The molecule has 204 valence electrons. The van der Waals surface area contributed by atoms with Crippen LogP contribution in [0.1, 0.15) is 80.5 Å². The largest absolute Gasteiger partial charge is 0.310 e. The second kappa shape index (κ2) is 9.58. The van der Waals surface area contributed by atoms with E-state index in [0.29, 0.717) is 16.7 Å². The molecule has 4 aromatic rings. The van der Waals surface area contributed by atoms with Crippen LogP contribution in [0.15, 0.2) is 63.3 Å². The van der Waals surface area contributed by atoms with Gasteiger partial charge in [0.15, 0.2) is 5.16 Å². The number of H-pyrrole nitrogens is 2. The van der Waals surface area contributed by atoms with Crippen LogP contribution < -0.4 is 11.1 Å². The van der Waals surface area contributed by atoms with Crippen LogP contribution in [-0.2, 0) is 29.4 Å². The number of benzene rings is 2. The molecule has 7 rings (SSSR count). The van der Waals surface area contributed by atoms with Gasteiger partial charge in [0.2, 0.25) is 0 Å². The van der Waals surface area contributed by atoms with Crippen LogP contribution in [0.3, 0.4) is 0 Å². The molecule has 1 fully saturated rings. The van der Waals surface area contributed by atoms with Gasteiger partial charge in [0, 0.05) is 27.5 Å². The molecule has 0 aliphatic heterocycles. The maximum atomic E-state index is 13.8. The van der Waals surface area contributed by atoms with Gasteiger partial charge in [-0.05, 0) is 36.8 Å². The summed E-state index contributed by atoms with van der Waals surface area (Å²) in [5.74, 6) is 0.988. The quantitative estimate of drug-likeness (QED) is 0.226. The van der Waals surface area contributed by atoms with Gasteiger partial charge in [0.25, 0.3) is 11.1 Å². The molecule has 0 bridgehead atoms. The Kier molecular flexibility index (Phi) is 6.11. The highest BCUT2D eigenvalue weighted by atomic mass is 32.2. The molecule has 2 N–H and O–H groups in total. The fourth-order valence-electron chi connectivity index (χ4n) is 7.42. The van der Waals surface area contributed by atoms with E-state index in [1.54, 1.807) is 0 Å². The molecule has 1 spiro atoms. The third kappa shape index (κ3) is 4.17. The number of aromatic nitrogens is 4. The first kappa shape index (κ1) is 25.5. The van der Waals surface area contributed by atoms with Gasteiger partial charge in [-0.25, -0.2) is 9.97 Å². The predicted molar refractivity (Wildman–Crippen MR) is 160 cm³/mol. The Morgan fingerprint density at radius 2 is 1.35 bits per heavy atom. The van der Waals surface area contributed by atoms with Gasteiger partial charge in [-0.1, -0.05) is 99.8 Å². The molecule has 0 amide bonds. The molecule has 0 saturated heterocycles. The molecule has 0 unspecified atom stereocenters. The van der Waals surface area contributed by atoms with Crippen molar-refractivity contribution in [2.24, 2.45) is 0 Å². The number of hydrogen-bond donors (Lipinski definition) is 2. The normalized spacial score (nSPS) is 18.2. The van der Waals surface area contributed by atoms with Crippen LogP contribution in [0.4, 0.5) is 0 Å². The number of nitrogens with zero attached hydrogens (tertiary/aromatic N) is 2. The highest BCUT2D eigenvalue weighted by Gasteiger charge is 2.42. The average molecular weight is 551 g/mol. The van der Waals surface area contributed by atoms with Crippen LogP contribution >= 0.6 is 11.8 Å². The number of hydrogen-bond acceptors (Lipinski definition) is 5. The molecular formula is C33H34N4O2S. The summed E-state index contributed by atoms with van der Waals surface area (Å²) >= 11 is 1.42. The highest BCUT2D eigenvalue weighted by Crippen LogP contribution is 2.48. The lowest BCUT2D eigenvalue weighted by atomic mass is 9.65. The standard InChI is InChI=1S/C33H34N4O2S/c1-32(2)17-20-11-5-7-13-22(20)27-25(32)29(38)35-24(34-27)19-40-31-36-28-23-14-8-6-12-21(23)18-33(26(28)30(39)37-31)15-9-3-4-10-16-33/h5-8,11-14H,3-4,9-10,15-19H2,1-2H3,(H,34,35,38)(H,36,37,39). The molecule has 1 saturated carbocycles. The topological polar surface area (TPSA) is 91.5 Å². The van der Waals surface area contributed by atoms with Crippen LogP contribution in [0.2, 0.25) is 0 Å². The minimum atomic E-state index is -0.303. The van der Waals surface area contributed by atoms with Crippen molar-refractivity contribution in [1.82, 2.24) is 19.9 Å². The van der Waals surface area contributed by atoms with Crippen LogP contribution in [0.5, 0.6) is 0 Å². The highest BCUT2D eigenvalue weighted by molar-refractivity contribution is 7.98. The van der Waals surface area contributed by atoms with E-state index in [2.05, 4.69) is 54.1 Å². The van der Waals surface area contributed by atoms with Crippen molar-refractivity contribution in [2.75, 3.05) is 0 Å². The average Bonchev–Trinajstić information content (AvgIpc) is 3.16. The van der Waals surface area contributed by atoms with Crippen LogP contribution in [0, 0.1) is 0 Å². The van der Waals surface area contributed by atoms with E-state index >= 15 is 0 Å². The van der Waals surface area contributed by atoms with E-state index < -0.39 is 0 Å². The van der Waals surface area contributed by atoms with Gasteiger partial charge in [-0.2, -0.15) is 0 Å². The fraction of sp³-hybridized carbons (Fsp3) is 0.394. The fourth-order valence-corrected chi connectivity index (χ4v) is 8.15. The third-order valence-electron chi connectivity index (χ3n) is 9.19. The number of aromatic amines is 2. The lowest BCUT2D eigenvalue weighted by molar-refractivity contribution is 0.358. The monoisotopic (exact) mass is 550 g/mol. The molecule has 0 radical (unpaired) electrons. The zero-order valence-corrected chi connectivity index (χ0v) is 23.9. The zero-order valence-electron chi connectivity index (χ0n) is 23.1. The molecule has 2 aromatic carbocycles. The summed E-state index contributed by atoms with van der Waals surface area (Å²) in [5, 5.41) is 0.560. The molecule has 2 aromatic heterocycles. The number of rotatable bonds is 3. The zero-order chi connectivity index (χ0) is 27.5. The van der Waals surface area contributed by atoms with Crippen molar-refractivity contribution in [3.63, 3.8) is 0 Å². The first-order valence-corrected chi connectivity index (χ1v) is 15.4. The second-order valence-corrected chi connectivity index (χ2v) is 13.3. The van der Waals surface area contributed by atoms with Gasteiger partial charge in [0.1, 0.15) is 5.82 Å². The van der Waals surface area contributed by atoms with E-state index in [4.69, 9.17) is 9.97 Å². The molecule has 6 nitrogen and oxygen atoms in total. The Hall–Kier alpha value is -3.45. The predicted octanol–water partition coefficient (Wildman–Crippen LogP) is 6.46. The second-order valence-electron chi connectivity index (χ2n) is 12.4. The van der Waals surface area contributed by atoms with Crippen molar-refractivity contribution < 1.29 is 0 Å². The molecule has 0 atom stereocenters. The Morgan fingerprint density at radius 3 is 2.05 bits per heavy atom. The minimum Gasteiger partial charge on any atom is -0.310 e. The van der Waals surface area contributed by atoms with Crippen LogP contribution in [0.25, 0.3) is 22.5 Å². The molecule has 2 heterocycles. The first-order chi connectivity index (χ1) is 19.3. The number of fused-ring (bicyclic) bond motifs is 7. The van der Waals surface area contributed by atoms with Gasteiger partial charge >= 0.3 is 0 Å². The molecule has 40 heavy (non-hydrogen) atoms. The Labute approximate surface area is 238 Å². The SMILES string of the molecule is CC1(C)Cc2ccccc2-c2nc(CSc3nc4c(c(=O)[nH]3)C3(CCCCCC3)Cc3ccccc3-4)[nH]c(=O)c21. The number of thioether (sulfide) groups is 1. The molecular weight excluding hydrogens is 516 g/mol. The summed E-state index contributed by atoms with van der Waals surface area (Å²) in [6.07, 6.45) is 8.53. The smallest absolute Gasteiger partial charge is 0.255 e. The Morgan fingerprint density at radius 1 is 0.750 bits per heavy atom. The summed E-state index contributed by atoms with van der Waals surface area (Å²) in [6.45, 7) is 4.21. The summed E-state index contributed by atoms with van der Waals surface area (Å²) in [5.41, 5.74) is 7.25. The summed E-state index contributed by atoms with van der Waals surface area (Å²) in [4.78, 5) is 43.3. The number of nitrogens with one attached hydrogen (secondary N) is 2. The Balaban J connectivity index is 1.27. The van der Waals surface area contributed by atoms with Gasteiger partial charge in [-0.15, -0.1) is 0 Å². The third-order valence-corrected chi connectivity index (χ3v) is 10.1. The molecule has 7 heteroatoms.